The third-order valence-electron chi connectivity index (χ3n) is 1.97. The molecule has 0 aliphatic rings. The van der Waals surface area contributed by atoms with Crippen LogP contribution in [0.25, 0.3) is 0 Å². The van der Waals surface area contributed by atoms with E-state index < -0.39 is 0 Å². The van der Waals surface area contributed by atoms with Crippen LogP contribution in [0, 0.1) is 0 Å². The highest BCUT2D eigenvalue weighted by Gasteiger charge is 2.23. The minimum absolute atomic E-state index is 0.423. The normalized spacial score (nSPS) is 11.3. The molecule has 13 heavy (non-hydrogen) atoms. The van der Waals surface area contributed by atoms with Gasteiger partial charge in [0, 0.05) is 7.05 Å². The van der Waals surface area contributed by atoms with Crippen molar-refractivity contribution in [2.45, 2.75) is 39.7 Å². The van der Waals surface area contributed by atoms with Gasteiger partial charge in [0.2, 0.25) is 0 Å². The van der Waals surface area contributed by atoms with Crippen LogP contribution in [0.4, 0.5) is 5.95 Å². The smallest absolute Gasteiger partial charge is 0.335 e. The van der Waals surface area contributed by atoms with E-state index in [-0.39, 0.29) is 0 Å². The molecule has 0 bridgehead atoms. The number of H-pyrrole nitrogens is 1. The molecule has 0 atom stereocenters. The summed E-state index contributed by atoms with van der Waals surface area (Å²) in [5, 5.41) is 6.22. The molecule has 0 saturated carbocycles. The topological polar surface area (TPSA) is 44.6 Å². The quantitative estimate of drug-likeness (QED) is 0.696. The molecule has 2 N–H and O–H groups in total. The zero-order valence-electron chi connectivity index (χ0n) is 9.05. The van der Waals surface area contributed by atoms with Crippen LogP contribution in [-0.2, 0) is 0 Å². The fourth-order valence-corrected chi connectivity index (χ4v) is 1.28. The summed E-state index contributed by atoms with van der Waals surface area (Å²) >= 11 is 0. The lowest BCUT2D eigenvalue weighted by atomic mass is 10.2. The summed E-state index contributed by atoms with van der Waals surface area (Å²) in [5.41, 5.74) is 0. The van der Waals surface area contributed by atoms with Crippen molar-refractivity contribution in [3.8, 4) is 0 Å². The standard InChI is InChI=1S/C9H18N4/c1-6(2)8-11-9(10-5)12-13(8)7(3)4/h6-7H,1-5H3,(H,10,12)/p+1. The Morgan fingerprint density at radius 3 is 2.23 bits per heavy atom. The first-order valence-corrected chi connectivity index (χ1v) is 4.75. The fourth-order valence-electron chi connectivity index (χ4n) is 1.28. The number of hydrogen-bond donors (Lipinski definition) is 2. The van der Waals surface area contributed by atoms with Crippen LogP contribution in [0.1, 0.15) is 45.5 Å². The van der Waals surface area contributed by atoms with Crippen LogP contribution >= 0.6 is 0 Å². The highest BCUT2D eigenvalue weighted by molar-refractivity contribution is 5.19. The average Bonchev–Trinajstić information content (AvgIpc) is 2.47. The number of aromatic nitrogens is 3. The van der Waals surface area contributed by atoms with E-state index in [9.17, 15) is 0 Å². The van der Waals surface area contributed by atoms with Crippen molar-refractivity contribution in [3.05, 3.63) is 5.82 Å². The maximum absolute atomic E-state index is 4.45. The van der Waals surface area contributed by atoms with E-state index >= 15 is 0 Å². The van der Waals surface area contributed by atoms with Crippen LogP contribution in [0.15, 0.2) is 0 Å². The molecule has 4 heteroatoms. The molecule has 0 unspecified atom stereocenters. The molecule has 0 aliphatic carbocycles. The van der Waals surface area contributed by atoms with Gasteiger partial charge in [0.1, 0.15) is 6.04 Å². The number of anilines is 1. The Balaban J connectivity index is 3.08. The number of aromatic amines is 1. The second-order valence-electron chi connectivity index (χ2n) is 3.80. The molecule has 1 aromatic heterocycles. The summed E-state index contributed by atoms with van der Waals surface area (Å²) < 4.78 is 2.09. The van der Waals surface area contributed by atoms with Gasteiger partial charge in [0.25, 0.3) is 0 Å². The Morgan fingerprint density at radius 2 is 1.92 bits per heavy atom. The summed E-state index contributed by atoms with van der Waals surface area (Å²) in [7, 11) is 1.87. The van der Waals surface area contributed by atoms with Crippen molar-refractivity contribution in [2.24, 2.45) is 0 Å². The van der Waals surface area contributed by atoms with Crippen molar-refractivity contribution < 1.29 is 4.68 Å². The molecule has 0 fully saturated rings. The van der Waals surface area contributed by atoms with Crippen LogP contribution in [0.3, 0.4) is 0 Å². The second kappa shape index (κ2) is 3.77. The van der Waals surface area contributed by atoms with Crippen LogP contribution in [-0.4, -0.2) is 17.1 Å². The summed E-state index contributed by atoms with van der Waals surface area (Å²) in [6.07, 6.45) is 0. The maximum atomic E-state index is 4.45. The van der Waals surface area contributed by atoms with Gasteiger partial charge in [-0.05, 0) is 18.8 Å². The second-order valence-corrected chi connectivity index (χ2v) is 3.80. The van der Waals surface area contributed by atoms with E-state index in [1.807, 2.05) is 7.05 Å². The van der Waals surface area contributed by atoms with Gasteiger partial charge < -0.3 is 5.32 Å². The van der Waals surface area contributed by atoms with E-state index in [4.69, 9.17) is 0 Å². The van der Waals surface area contributed by atoms with E-state index in [1.165, 1.54) is 0 Å². The summed E-state index contributed by atoms with van der Waals surface area (Å²) in [6, 6.07) is 0.423. The Bertz CT molecular complexity index is 250. The first-order valence-electron chi connectivity index (χ1n) is 4.75. The van der Waals surface area contributed by atoms with Crippen LogP contribution < -0.4 is 10.00 Å². The molecular weight excluding hydrogens is 164 g/mol. The third-order valence-corrected chi connectivity index (χ3v) is 1.97. The molecule has 74 valence electrons. The summed E-state index contributed by atoms with van der Waals surface area (Å²) in [6.45, 7) is 8.58. The molecule has 0 amide bonds. The van der Waals surface area contributed by atoms with Crippen molar-refractivity contribution in [2.75, 3.05) is 12.4 Å². The predicted octanol–water partition coefficient (Wildman–Crippen LogP) is 1.44. The molecule has 1 heterocycles. The molecule has 0 aromatic carbocycles. The van der Waals surface area contributed by atoms with Gasteiger partial charge in [-0.1, -0.05) is 13.8 Å². The molecule has 4 nitrogen and oxygen atoms in total. The lowest BCUT2D eigenvalue weighted by molar-refractivity contribution is -0.775. The van der Waals surface area contributed by atoms with Crippen LogP contribution in [0.2, 0.25) is 0 Å². The Morgan fingerprint density at radius 1 is 1.31 bits per heavy atom. The highest BCUT2D eigenvalue weighted by atomic mass is 15.4. The van der Waals surface area contributed by atoms with Crippen LogP contribution in [0.5, 0.6) is 0 Å². The Labute approximate surface area is 79.4 Å². The fraction of sp³-hybridized carbons (Fsp3) is 0.778. The van der Waals surface area contributed by atoms with E-state index in [1.54, 1.807) is 0 Å². The predicted molar refractivity (Wildman–Crippen MR) is 52.8 cm³/mol. The van der Waals surface area contributed by atoms with Gasteiger partial charge in [-0.2, -0.15) is 9.78 Å². The molecule has 0 spiro atoms. The lowest BCUT2D eigenvalue weighted by Gasteiger charge is -2.02. The molecule has 0 saturated heterocycles. The summed E-state index contributed by atoms with van der Waals surface area (Å²) in [5.74, 6) is 2.37. The largest absolute Gasteiger partial charge is 0.347 e. The van der Waals surface area contributed by atoms with E-state index in [0.29, 0.717) is 12.0 Å². The first kappa shape index (κ1) is 10.0. The SMILES string of the molecule is CNc1nc(C(C)C)[n+](C(C)C)[nH]1. The molecule has 0 aliphatic heterocycles. The Hall–Kier alpha value is -1.06. The van der Waals surface area contributed by atoms with Gasteiger partial charge >= 0.3 is 11.8 Å². The van der Waals surface area contributed by atoms with Gasteiger partial charge in [-0.15, -0.1) is 0 Å². The zero-order chi connectivity index (χ0) is 10.0. The molecule has 0 radical (unpaired) electrons. The van der Waals surface area contributed by atoms with Gasteiger partial charge in [-0.25, -0.2) is 0 Å². The van der Waals surface area contributed by atoms with Crippen molar-refractivity contribution in [1.29, 1.82) is 0 Å². The maximum Gasteiger partial charge on any atom is 0.347 e. The van der Waals surface area contributed by atoms with Crippen molar-refractivity contribution in [3.63, 3.8) is 0 Å². The van der Waals surface area contributed by atoms with Crippen molar-refractivity contribution >= 4 is 5.95 Å². The lowest BCUT2D eigenvalue weighted by Crippen LogP contribution is -2.42. The Kier molecular flexibility index (Phi) is 2.90. The van der Waals surface area contributed by atoms with E-state index in [2.05, 4.69) is 47.8 Å². The molecule has 1 aromatic rings. The minimum atomic E-state index is 0.423. The van der Waals surface area contributed by atoms with Gasteiger partial charge in [0.15, 0.2) is 0 Å². The van der Waals surface area contributed by atoms with Crippen molar-refractivity contribution in [1.82, 2.24) is 10.1 Å². The van der Waals surface area contributed by atoms with Gasteiger partial charge in [-0.3, -0.25) is 0 Å². The first-order chi connectivity index (χ1) is 6.06. The monoisotopic (exact) mass is 183 g/mol. The molecular formula is C9H19N4+. The number of hydrogen-bond acceptors (Lipinski definition) is 2. The number of nitrogens with zero attached hydrogens (tertiary/aromatic N) is 2. The van der Waals surface area contributed by atoms with Gasteiger partial charge in [0.05, 0.1) is 5.92 Å². The highest BCUT2D eigenvalue weighted by Crippen LogP contribution is 2.10. The summed E-state index contributed by atoms with van der Waals surface area (Å²) in [4.78, 5) is 4.45. The minimum Gasteiger partial charge on any atom is -0.335 e. The number of nitrogens with one attached hydrogen (secondary N) is 2. The third kappa shape index (κ3) is 1.99. The van der Waals surface area contributed by atoms with E-state index in [0.717, 1.165) is 11.8 Å². The molecule has 1 rings (SSSR count). The average molecular weight is 183 g/mol. The zero-order valence-corrected chi connectivity index (χ0v) is 9.05. The number of rotatable bonds is 3.